The molecule has 0 spiro atoms. The monoisotopic (exact) mass is 479 g/mol. The summed E-state index contributed by atoms with van der Waals surface area (Å²) < 4.78 is 13.4. The number of halogens is 1. The van der Waals surface area contributed by atoms with Crippen LogP contribution in [0.3, 0.4) is 0 Å². The van der Waals surface area contributed by atoms with Crippen molar-refractivity contribution in [1.82, 2.24) is 25.1 Å². The Balaban J connectivity index is 1.42. The molecule has 4 aromatic rings. The number of piperidine rings is 1. The summed E-state index contributed by atoms with van der Waals surface area (Å²) in [5, 5.41) is 10.0. The maximum absolute atomic E-state index is 6.37. The van der Waals surface area contributed by atoms with Gasteiger partial charge in [0.1, 0.15) is 5.60 Å². The third-order valence-corrected chi connectivity index (χ3v) is 7.32. The first-order chi connectivity index (χ1) is 15.1. The van der Waals surface area contributed by atoms with Gasteiger partial charge in [-0.3, -0.25) is 9.88 Å². The van der Waals surface area contributed by atoms with Crippen LogP contribution >= 0.6 is 15.9 Å². The van der Waals surface area contributed by atoms with Crippen LogP contribution in [0.1, 0.15) is 29.4 Å². The number of aromatic nitrogens is 4. The molecule has 4 heterocycles. The van der Waals surface area contributed by atoms with Gasteiger partial charge >= 0.3 is 0 Å². The zero-order chi connectivity index (χ0) is 21.2. The van der Waals surface area contributed by atoms with Crippen LogP contribution in [0.15, 0.2) is 51.7 Å². The number of benzene rings is 1. The van der Waals surface area contributed by atoms with E-state index in [2.05, 4.69) is 72.4 Å². The first-order valence-electron chi connectivity index (χ1n) is 10.4. The summed E-state index contributed by atoms with van der Waals surface area (Å²) in [7, 11) is 3.99. The summed E-state index contributed by atoms with van der Waals surface area (Å²) in [6, 6.07) is 8.62. The van der Waals surface area contributed by atoms with Crippen molar-refractivity contribution in [2.45, 2.75) is 30.4 Å². The van der Waals surface area contributed by atoms with Crippen LogP contribution in [-0.4, -0.2) is 51.8 Å². The molecular formula is C23H22BrN5O2. The highest BCUT2D eigenvalue weighted by molar-refractivity contribution is 9.10. The van der Waals surface area contributed by atoms with E-state index in [9.17, 15) is 0 Å². The largest absolute Gasteiger partial charge is 0.420 e. The van der Waals surface area contributed by atoms with Gasteiger partial charge in [0, 0.05) is 53.7 Å². The van der Waals surface area contributed by atoms with Gasteiger partial charge in [-0.2, -0.15) is 0 Å². The van der Waals surface area contributed by atoms with E-state index in [1.807, 2.05) is 13.2 Å². The van der Waals surface area contributed by atoms with Gasteiger partial charge in [0.15, 0.2) is 0 Å². The number of rotatable bonds is 3. The number of nitrogens with one attached hydrogen (secondary N) is 1. The third kappa shape index (κ3) is 2.82. The number of fused-ring (bicyclic) bond motifs is 2. The Kier molecular flexibility index (Phi) is 4.31. The summed E-state index contributed by atoms with van der Waals surface area (Å²) in [6.45, 7) is 0.837. The van der Waals surface area contributed by atoms with E-state index in [0.29, 0.717) is 11.8 Å². The molecule has 3 atom stereocenters. The van der Waals surface area contributed by atoms with Crippen molar-refractivity contribution in [2.75, 3.05) is 20.7 Å². The van der Waals surface area contributed by atoms with Gasteiger partial charge in [0.2, 0.25) is 11.8 Å². The number of likely N-dealkylation sites (N-methyl/N-ethyl adjacent to an activating group) is 1. The van der Waals surface area contributed by atoms with E-state index < -0.39 is 5.60 Å². The molecule has 1 aliphatic heterocycles. The second-order valence-electron chi connectivity index (χ2n) is 8.53. The summed E-state index contributed by atoms with van der Waals surface area (Å²) in [6.07, 6.45) is 7.35. The molecule has 2 aliphatic rings. The van der Waals surface area contributed by atoms with Crippen molar-refractivity contribution < 1.29 is 9.15 Å². The highest BCUT2D eigenvalue weighted by Gasteiger charge is 2.52. The van der Waals surface area contributed by atoms with Crippen molar-refractivity contribution in [3.63, 3.8) is 0 Å². The van der Waals surface area contributed by atoms with E-state index in [1.165, 1.54) is 16.5 Å². The van der Waals surface area contributed by atoms with E-state index in [-0.39, 0.29) is 12.0 Å². The molecule has 0 saturated carbocycles. The van der Waals surface area contributed by atoms with Crippen molar-refractivity contribution in [3.8, 4) is 11.5 Å². The number of likely N-dealkylation sites (tertiary alicyclic amines) is 1. The quantitative estimate of drug-likeness (QED) is 0.472. The van der Waals surface area contributed by atoms with Crippen molar-refractivity contribution >= 4 is 26.8 Å². The van der Waals surface area contributed by atoms with E-state index in [0.717, 1.165) is 34.9 Å². The molecule has 6 rings (SSSR count). The molecule has 7 nitrogen and oxygen atoms in total. The highest BCUT2D eigenvalue weighted by atomic mass is 79.9. The van der Waals surface area contributed by atoms with Crippen molar-refractivity contribution in [3.05, 3.63) is 64.3 Å². The molecule has 1 unspecified atom stereocenters. The van der Waals surface area contributed by atoms with Crippen LogP contribution in [0.25, 0.3) is 22.4 Å². The minimum atomic E-state index is -0.432. The molecular weight excluding hydrogens is 458 g/mol. The molecule has 8 heteroatoms. The molecule has 1 fully saturated rings. The van der Waals surface area contributed by atoms with Crippen molar-refractivity contribution in [2.24, 2.45) is 0 Å². The molecule has 3 aromatic heterocycles. The van der Waals surface area contributed by atoms with Crippen LogP contribution in [0.2, 0.25) is 0 Å². The Labute approximate surface area is 188 Å². The van der Waals surface area contributed by atoms with Crippen LogP contribution in [0.4, 0.5) is 0 Å². The van der Waals surface area contributed by atoms with Gasteiger partial charge < -0.3 is 14.1 Å². The topological polar surface area (TPSA) is 80.1 Å². The van der Waals surface area contributed by atoms with Gasteiger partial charge in [0.05, 0.1) is 11.5 Å². The summed E-state index contributed by atoms with van der Waals surface area (Å²) in [5.74, 6) is 1.20. The fourth-order valence-corrected chi connectivity index (χ4v) is 5.89. The van der Waals surface area contributed by atoms with Gasteiger partial charge in [-0.25, -0.2) is 0 Å². The lowest BCUT2D eigenvalue weighted by atomic mass is 9.68. The fraction of sp³-hybridized carbons (Fsp3) is 0.348. The maximum Gasteiger partial charge on any atom is 0.249 e. The second-order valence-corrected chi connectivity index (χ2v) is 9.45. The normalized spacial score (nSPS) is 25.6. The minimum Gasteiger partial charge on any atom is -0.420 e. The van der Waals surface area contributed by atoms with Gasteiger partial charge in [-0.05, 0) is 59.1 Å². The summed E-state index contributed by atoms with van der Waals surface area (Å²) in [4.78, 5) is 10.0. The maximum atomic E-state index is 6.37. The highest BCUT2D eigenvalue weighted by Crippen LogP contribution is 2.51. The number of ether oxygens (including phenoxy) is 1. The predicted octanol–water partition coefficient (Wildman–Crippen LogP) is 4.26. The number of hydrogen-bond acceptors (Lipinski definition) is 6. The average molecular weight is 480 g/mol. The van der Waals surface area contributed by atoms with Crippen LogP contribution < -0.4 is 0 Å². The molecule has 0 amide bonds. The first kappa shape index (κ1) is 19.2. The summed E-state index contributed by atoms with van der Waals surface area (Å²) in [5.41, 5.74) is 4.13. The minimum absolute atomic E-state index is 0.0679. The van der Waals surface area contributed by atoms with E-state index in [4.69, 9.17) is 9.15 Å². The molecule has 1 aromatic carbocycles. The average Bonchev–Trinajstić information content (AvgIpc) is 3.43. The zero-order valence-corrected chi connectivity index (χ0v) is 18.9. The predicted molar refractivity (Wildman–Crippen MR) is 120 cm³/mol. The molecule has 0 radical (unpaired) electrons. The number of hydrogen-bond donors (Lipinski definition) is 1. The Morgan fingerprint density at radius 1 is 1.29 bits per heavy atom. The van der Waals surface area contributed by atoms with E-state index in [1.54, 1.807) is 12.4 Å². The SMILES string of the molecule is CO[C@]12CC(c3nnc(-c4cncc(Br)c4)o3)CN(C)[C@@H]1Cc1c[nH]c3cccc2c13. The van der Waals surface area contributed by atoms with Gasteiger partial charge in [-0.1, -0.05) is 12.1 Å². The van der Waals surface area contributed by atoms with Crippen LogP contribution in [0, 0.1) is 0 Å². The first-order valence-corrected chi connectivity index (χ1v) is 11.2. The lowest BCUT2D eigenvalue weighted by Crippen LogP contribution is -2.58. The van der Waals surface area contributed by atoms with Crippen LogP contribution in [0.5, 0.6) is 0 Å². The Bertz CT molecular complexity index is 1280. The fourth-order valence-electron chi connectivity index (χ4n) is 5.52. The Hall–Kier alpha value is -2.55. The number of aromatic amines is 1. The second kappa shape index (κ2) is 6.98. The number of H-pyrrole nitrogens is 1. The number of nitrogens with zero attached hydrogens (tertiary/aromatic N) is 4. The zero-order valence-electron chi connectivity index (χ0n) is 17.3. The van der Waals surface area contributed by atoms with Crippen molar-refractivity contribution in [1.29, 1.82) is 0 Å². The summed E-state index contributed by atoms with van der Waals surface area (Å²) >= 11 is 3.45. The standard InChI is InChI=1S/C23H22BrN5O2/c1-29-12-15(22-28-27-21(31-22)14-6-16(24)11-25-9-14)8-23(30-2)17-4-3-5-18-20(17)13(10-26-18)7-19(23)29/h3-6,9-11,15,19,26H,7-8,12H2,1-2H3/t15?,19-,23+/m1/s1. The number of pyridine rings is 1. The lowest BCUT2D eigenvalue weighted by molar-refractivity contribution is -0.117. The molecule has 1 N–H and O–H groups in total. The van der Waals surface area contributed by atoms with Gasteiger partial charge in [-0.15, -0.1) is 10.2 Å². The molecule has 0 bridgehead atoms. The molecule has 1 saturated heterocycles. The Morgan fingerprint density at radius 2 is 2.19 bits per heavy atom. The molecule has 158 valence electrons. The third-order valence-electron chi connectivity index (χ3n) is 6.89. The van der Waals surface area contributed by atoms with E-state index >= 15 is 0 Å². The lowest BCUT2D eigenvalue weighted by Gasteiger charge is -2.52. The number of methoxy groups -OCH3 is 1. The van der Waals surface area contributed by atoms with Gasteiger partial charge in [0.25, 0.3) is 0 Å². The Morgan fingerprint density at radius 3 is 3.03 bits per heavy atom. The molecule has 31 heavy (non-hydrogen) atoms. The van der Waals surface area contributed by atoms with Crippen LogP contribution in [-0.2, 0) is 16.8 Å². The molecule has 1 aliphatic carbocycles. The smallest absolute Gasteiger partial charge is 0.249 e.